The highest BCUT2D eigenvalue weighted by Gasteiger charge is 2.36. The maximum absolute atomic E-state index is 3.59. The summed E-state index contributed by atoms with van der Waals surface area (Å²) in [5.74, 6) is 0.900. The largest absolute Gasteiger partial charge is 0.316 e. The molecule has 1 saturated carbocycles. The van der Waals surface area contributed by atoms with Crippen molar-refractivity contribution >= 4 is 0 Å². The zero-order chi connectivity index (χ0) is 13.0. The van der Waals surface area contributed by atoms with Gasteiger partial charge >= 0.3 is 0 Å². The smallest absolute Gasteiger partial charge is 0.0118 e. The van der Waals surface area contributed by atoms with Gasteiger partial charge in [-0.25, -0.2) is 0 Å². The second-order valence-electron chi connectivity index (χ2n) is 6.92. The second-order valence-corrected chi connectivity index (χ2v) is 6.92. The fourth-order valence-electron chi connectivity index (χ4n) is 4.35. The van der Waals surface area contributed by atoms with Crippen molar-refractivity contribution in [3.63, 3.8) is 0 Å². The van der Waals surface area contributed by atoms with Crippen molar-refractivity contribution in [2.45, 2.75) is 64.8 Å². The molecule has 0 aromatic carbocycles. The topological polar surface area (TPSA) is 15.3 Å². The summed E-state index contributed by atoms with van der Waals surface area (Å²) >= 11 is 0. The van der Waals surface area contributed by atoms with Crippen LogP contribution in [0.3, 0.4) is 0 Å². The number of nitrogens with zero attached hydrogens (tertiary/aromatic N) is 1. The van der Waals surface area contributed by atoms with Crippen LogP contribution in [-0.2, 0) is 0 Å². The molecule has 2 aliphatic rings. The lowest BCUT2D eigenvalue weighted by Gasteiger charge is -2.41. The fraction of sp³-hybridized carbons (Fsp3) is 1.00. The molecule has 2 nitrogen and oxygen atoms in total. The molecule has 0 radical (unpaired) electrons. The van der Waals surface area contributed by atoms with E-state index in [9.17, 15) is 0 Å². The normalized spacial score (nSPS) is 37.3. The quantitative estimate of drug-likeness (QED) is 0.808. The number of hydrogen-bond donors (Lipinski definition) is 1. The average Bonchev–Trinajstić information content (AvgIpc) is 2.78. The van der Waals surface area contributed by atoms with Crippen LogP contribution in [0.2, 0.25) is 0 Å². The summed E-state index contributed by atoms with van der Waals surface area (Å²) in [5.41, 5.74) is 0.570. The first kappa shape index (κ1) is 14.3. The Bertz CT molecular complexity index is 245. The molecule has 0 amide bonds. The number of rotatable bonds is 5. The van der Waals surface area contributed by atoms with Crippen LogP contribution in [0.25, 0.3) is 0 Å². The number of hydrogen-bond acceptors (Lipinski definition) is 2. The monoisotopic (exact) mass is 252 g/mol. The summed E-state index contributed by atoms with van der Waals surface area (Å²) in [5, 5.41) is 3.59. The first-order valence-corrected chi connectivity index (χ1v) is 8.08. The van der Waals surface area contributed by atoms with Crippen LogP contribution in [0, 0.1) is 11.3 Å². The molecule has 106 valence electrons. The van der Waals surface area contributed by atoms with Gasteiger partial charge in [0.05, 0.1) is 0 Å². The van der Waals surface area contributed by atoms with Crippen molar-refractivity contribution in [2.75, 3.05) is 26.7 Å². The minimum atomic E-state index is 0.570. The molecule has 0 spiro atoms. The fourth-order valence-corrected chi connectivity index (χ4v) is 4.35. The van der Waals surface area contributed by atoms with E-state index in [1.807, 2.05) is 0 Å². The number of nitrogens with one attached hydrogen (secondary N) is 1. The van der Waals surface area contributed by atoms with Gasteiger partial charge in [-0.15, -0.1) is 0 Å². The van der Waals surface area contributed by atoms with E-state index in [2.05, 4.69) is 31.1 Å². The molecule has 2 rings (SSSR count). The van der Waals surface area contributed by atoms with Crippen LogP contribution in [0.5, 0.6) is 0 Å². The van der Waals surface area contributed by atoms with Crippen molar-refractivity contribution in [1.82, 2.24) is 10.2 Å². The van der Waals surface area contributed by atoms with E-state index in [1.165, 1.54) is 64.6 Å². The molecule has 2 fully saturated rings. The summed E-state index contributed by atoms with van der Waals surface area (Å²) in [6.45, 7) is 8.58. The zero-order valence-corrected chi connectivity index (χ0v) is 12.7. The highest BCUT2D eigenvalue weighted by molar-refractivity contribution is 4.92. The Morgan fingerprint density at radius 1 is 1.28 bits per heavy atom. The Hall–Kier alpha value is -0.0800. The van der Waals surface area contributed by atoms with Gasteiger partial charge in [0, 0.05) is 19.1 Å². The third-order valence-corrected chi connectivity index (χ3v) is 5.33. The lowest BCUT2D eigenvalue weighted by Crippen LogP contribution is -2.45. The lowest BCUT2D eigenvalue weighted by molar-refractivity contribution is 0.0860. The van der Waals surface area contributed by atoms with Gasteiger partial charge in [0.25, 0.3) is 0 Å². The minimum absolute atomic E-state index is 0.570. The molecule has 3 unspecified atom stereocenters. The van der Waals surface area contributed by atoms with Gasteiger partial charge in [0.2, 0.25) is 0 Å². The lowest BCUT2D eigenvalue weighted by atomic mass is 9.79. The van der Waals surface area contributed by atoms with E-state index in [0.29, 0.717) is 5.41 Å². The van der Waals surface area contributed by atoms with Gasteiger partial charge in [-0.05, 0) is 50.6 Å². The van der Waals surface area contributed by atoms with Gasteiger partial charge in [0.1, 0.15) is 0 Å². The van der Waals surface area contributed by atoms with Gasteiger partial charge in [-0.2, -0.15) is 0 Å². The van der Waals surface area contributed by atoms with Crippen molar-refractivity contribution in [2.24, 2.45) is 11.3 Å². The van der Waals surface area contributed by atoms with Crippen LogP contribution in [0.15, 0.2) is 0 Å². The van der Waals surface area contributed by atoms with Crippen LogP contribution in [0.4, 0.5) is 0 Å². The van der Waals surface area contributed by atoms with Crippen molar-refractivity contribution in [3.05, 3.63) is 0 Å². The van der Waals surface area contributed by atoms with Gasteiger partial charge in [-0.3, -0.25) is 0 Å². The predicted molar refractivity (Wildman–Crippen MR) is 78.9 cm³/mol. The molecule has 0 bridgehead atoms. The molecule has 3 atom stereocenters. The van der Waals surface area contributed by atoms with E-state index in [0.717, 1.165) is 12.0 Å². The standard InChI is InChI=1S/C16H32N2/c1-4-9-16(10-11-17-12-16)13-18(3)15-8-6-5-7-14(15)2/h14-15,17H,4-13H2,1-3H3. The Kier molecular flexibility index (Phi) is 5.08. The van der Waals surface area contributed by atoms with Crippen molar-refractivity contribution < 1.29 is 0 Å². The van der Waals surface area contributed by atoms with Crippen LogP contribution in [0.1, 0.15) is 58.8 Å². The molecular formula is C16H32N2. The second kappa shape index (κ2) is 6.38. The van der Waals surface area contributed by atoms with E-state index in [4.69, 9.17) is 0 Å². The molecule has 1 aliphatic heterocycles. The first-order valence-electron chi connectivity index (χ1n) is 8.08. The predicted octanol–water partition coefficient (Wildman–Crippen LogP) is 3.28. The molecule has 18 heavy (non-hydrogen) atoms. The molecule has 1 aliphatic carbocycles. The molecule has 0 aromatic heterocycles. The molecular weight excluding hydrogens is 220 g/mol. The van der Waals surface area contributed by atoms with Crippen LogP contribution < -0.4 is 5.32 Å². The first-order chi connectivity index (χ1) is 8.67. The Labute approximate surface area is 114 Å². The maximum atomic E-state index is 3.59. The molecule has 1 saturated heterocycles. The van der Waals surface area contributed by atoms with Crippen LogP contribution >= 0.6 is 0 Å². The third-order valence-electron chi connectivity index (χ3n) is 5.33. The summed E-state index contributed by atoms with van der Waals surface area (Å²) in [6.07, 6.45) is 9.86. The zero-order valence-electron chi connectivity index (χ0n) is 12.7. The molecule has 1 heterocycles. The van der Waals surface area contributed by atoms with E-state index < -0.39 is 0 Å². The van der Waals surface area contributed by atoms with Crippen LogP contribution in [-0.4, -0.2) is 37.6 Å². The molecule has 0 aromatic rings. The SMILES string of the molecule is CCCC1(CN(C)C2CCCCC2C)CCNC1. The Morgan fingerprint density at radius 2 is 2.06 bits per heavy atom. The summed E-state index contributed by atoms with van der Waals surface area (Å²) in [7, 11) is 2.38. The van der Waals surface area contributed by atoms with Gasteiger partial charge < -0.3 is 10.2 Å². The maximum Gasteiger partial charge on any atom is 0.0118 e. The molecule has 2 heteroatoms. The Morgan fingerprint density at radius 3 is 2.67 bits per heavy atom. The van der Waals surface area contributed by atoms with E-state index in [1.54, 1.807) is 0 Å². The van der Waals surface area contributed by atoms with E-state index in [-0.39, 0.29) is 0 Å². The third kappa shape index (κ3) is 3.27. The summed E-state index contributed by atoms with van der Waals surface area (Å²) in [6, 6.07) is 0.841. The average molecular weight is 252 g/mol. The van der Waals surface area contributed by atoms with Crippen molar-refractivity contribution in [1.29, 1.82) is 0 Å². The van der Waals surface area contributed by atoms with Crippen molar-refractivity contribution in [3.8, 4) is 0 Å². The highest BCUT2D eigenvalue weighted by atomic mass is 15.1. The van der Waals surface area contributed by atoms with E-state index >= 15 is 0 Å². The Balaban J connectivity index is 1.93. The summed E-state index contributed by atoms with van der Waals surface area (Å²) in [4.78, 5) is 2.70. The molecule has 1 N–H and O–H groups in total. The minimum Gasteiger partial charge on any atom is -0.316 e. The van der Waals surface area contributed by atoms with Gasteiger partial charge in [-0.1, -0.05) is 33.1 Å². The highest BCUT2D eigenvalue weighted by Crippen LogP contribution is 2.35. The van der Waals surface area contributed by atoms with Gasteiger partial charge in [0.15, 0.2) is 0 Å². The summed E-state index contributed by atoms with van der Waals surface area (Å²) < 4.78 is 0.